The number of H-pyrrole nitrogens is 2. The van der Waals surface area contributed by atoms with Crippen molar-refractivity contribution in [2.24, 2.45) is 0 Å². The van der Waals surface area contributed by atoms with Gasteiger partial charge in [0, 0.05) is 0 Å². The Morgan fingerprint density at radius 2 is 1.85 bits per heavy atom. The van der Waals surface area contributed by atoms with Crippen LogP contribution in [0, 0.1) is 0 Å². The molecule has 0 aliphatic heterocycles. The lowest BCUT2D eigenvalue weighted by Gasteiger charge is -2.18. The van der Waals surface area contributed by atoms with E-state index in [2.05, 4.69) is 9.97 Å². The Morgan fingerprint density at radius 1 is 1.23 bits per heavy atom. The maximum Gasteiger partial charge on any atom is 0.353 e. The number of aromatic amines is 2. The van der Waals surface area contributed by atoms with Gasteiger partial charge in [-0.3, -0.25) is 9.97 Å². The van der Waals surface area contributed by atoms with Gasteiger partial charge < -0.3 is 4.74 Å². The molecule has 13 heavy (non-hydrogen) atoms. The molecule has 0 bridgehead atoms. The van der Waals surface area contributed by atoms with Gasteiger partial charge in [-0.25, -0.2) is 9.59 Å². The number of ether oxygens (including phenoxy) is 1. The third-order valence-electron chi connectivity index (χ3n) is 1.05. The first-order valence-electron chi connectivity index (χ1n) is 3.76. The summed E-state index contributed by atoms with van der Waals surface area (Å²) in [5, 5.41) is 0. The van der Waals surface area contributed by atoms with E-state index in [0.717, 1.165) is 0 Å². The Hall–Kier alpha value is -1.59. The van der Waals surface area contributed by atoms with Crippen LogP contribution in [0.2, 0.25) is 0 Å². The van der Waals surface area contributed by atoms with Gasteiger partial charge in [0.25, 0.3) is 0 Å². The number of aromatic nitrogens is 3. The van der Waals surface area contributed by atoms with Crippen molar-refractivity contribution in [3.8, 4) is 6.01 Å². The standard InChI is InChI=1S/C7H11N3O3/c1-7(2,3)13-6-9-4(11)8-5(12)10-6/h1-3H3,(H2,8,9,10,11,12). The van der Waals surface area contributed by atoms with Crippen molar-refractivity contribution in [2.75, 3.05) is 0 Å². The zero-order chi connectivity index (χ0) is 10.1. The summed E-state index contributed by atoms with van der Waals surface area (Å²) in [6.07, 6.45) is 0. The molecule has 0 aliphatic carbocycles. The number of nitrogens with one attached hydrogen (secondary N) is 2. The molecule has 0 atom stereocenters. The first-order valence-corrected chi connectivity index (χ1v) is 3.76. The lowest BCUT2D eigenvalue weighted by atomic mass is 10.2. The summed E-state index contributed by atoms with van der Waals surface area (Å²) in [5.74, 6) is 0. The van der Waals surface area contributed by atoms with E-state index in [1.54, 1.807) is 20.8 Å². The topological polar surface area (TPSA) is 87.8 Å². The second kappa shape index (κ2) is 3.04. The molecular formula is C7H11N3O3. The summed E-state index contributed by atoms with van der Waals surface area (Å²) >= 11 is 0. The Labute approximate surface area is 74.0 Å². The Balaban J connectivity index is 3.03. The molecule has 1 heterocycles. The van der Waals surface area contributed by atoms with Crippen LogP contribution < -0.4 is 16.1 Å². The molecule has 0 radical (unpaired) electrons. The van der Waals surface area contributed by atoms with Crippen LogP contribution in [0.1, 0.15) is 20.8 Å². The number of rotatable bonds is 1. The van der Waals surface area contributed by atoms with Crippen LogP contribution in [0.5, 0.6) is 6.01 Å². The summed E-state index contributed by atoms with van der Waals surface area (Å²) in [6.45, 7) is 5.36. The number of hydrogen-bond acceptors (Lipinski definition) is 4. The maximum absolute atomic E-state index is 10.8. The smallest absolute Gasteiger partial charge is 0.353 e. The quantitative estimate of drug-likeness (QED) is 0.625. The first-order chi connectivity index (χ1) is 5.87. The predicted molar refractivity (Wildman–Crippen MR) is 45.9 cm³/mol. The van der Waals surface area contributed by atoms with Crippen LogP contribution >= 0.6 is 0 Å². The van der Waals surface area contributed by atoms with Crippen molar-refractivity contribution < 1.29 is 4.74 Å². The predicted octanol–water partition coefficient (Wildman–Crippen LogP) is -0.365. The molecule has 72 valence electrons. The van der Waals surface area contributed by atoms with Crippen molar-refractivity contribution >= 4 is 0 Å². The van der Waals surface area contributed by atoms with E-state index in [-0.39, 0.29) is 6.01 Å². The van der Waals surface area contributed by atoms with E-state index in [1.807, 2.05) is 4.98 Å². The fourth-order valence-corrected chi connectivity index (χ4v) is 0.712. The molecule has 0 unspecified atom stereocenters. The molecule has 6 heteroatoms. The van der Waals surface area contributed by atoms with Gasteiger partial charge in [-0.05, 0) is 20.8 Å². The van der Waals surface area contributed by atoms with Gasteiger partial charge >= 0.3 is 17.4 Å². The molecule has 1 aromatic rings. The zero-order valence-corrected chi connectivity index (χ0v) is 7.67. The lowest BCUT2D eigenvalue weighted by Crippen LogP contribution is -2.30. The highest BCUT2D eigenvalue weighted by molar-refractivity contribution is 4.90. The third kappa shape index (κ3) is 3.10. The largest absolute Gasteiger partial charge is 0.459 e. The van der Waals surface area contributed by atoms with Gasteiger partial charge in [0.1, 0.15) is 5.60 Å². The monoisotopic (exact) mass is 185 g/mol. The highest BCUT2D eigenvalue weighted by Gasteiger charge is 2.13. The summed E-state index contributed by atoms with van der Waals surface area (Å²) in [5.41, 5.74) is -1.84. The minimum absolute atomic E-state index is 0.0683. The van der Waals surface area contributed by atoms with Crippen LogP contribution in [-0.4, -0.2) is 20.6 Å². The highest BCUT2D eigenvalue weighted by atomic mass is 16.5. The first kappa shape index (κ1) is 9.50. The fraction of sp³-hybridized carbons (Fsp3) is 0.571. The fourth-order valence-electron chi connectivity index (χ4n) is 0.712. The Morgan fingerprint density at radius 3 is 2.31 bits per heavy atom. The molecule has 0 aliphatic rings. The molecule has 0 aromatic carbocycles. The third-order valence-corrected chi connectivity index (χ3v) is 1.05. The van der Waals surface area contributed by atoms with E-state index in [1.165, 1.54) is 0 Å². The molecule has 1 aromatic heterocycles. The number of nitrogens with zero attached hydrogens (tertiary/aromatic N) is 1. The molecular weight excluding hydrogens is 174 g/mol. The Kier molecular flexibility index (Phi) is 2.22. The highest BCUT2D eigenvalue weighted by Crippen LogP contribution is 2.08. The van der Waals surface area contributed by atoms with Crippen molar-refractivity contribution in [2.45, 2.75) is 26.4 Å². The van der Waals surface area contributed by atoms with Gasteiger partial charge in [0.15, 0.2) is 0 Å². The molecule has 0 amide bonds. The minimum Gasteiger partial charge on any atom is -0.459 e. The minimum atomic E-state index is -0.719. The number of hydrogen-bond donors (Lipinski definition) is 2. The van der Waals surface area contributed by atoms with E-state index >= 15 is 0 Å². The van der Waals surface area contributed by atoms with Crippen LogP contribution in [0.15, 0.2) is 9.59 Å². The molecule has 6 nitrogen and oxygen atoms in total. The zero-order valence-electron chi connectivity index (χ0n) is 7.67. The van der Waals surface area contributed by atoms with Gasteiger partial charge in [-0.2, -0.15) is 0 Å². The average Bonchev–Trinajstić information content (AvgIpc) is 1.78. The molecule has 2 N–H and O–H groups in total. The van der Waals surface area contributed by atoms with Crippen LogP contribution in [-0.2, 0) is 0 Å². The Bertz CT molecular complexity index is 370. The SMILES string of the molecule is CC(C)(C)Oc1nc(=O)[nH]c(=O)[nH]1. The lowest BCUT2D eigenvalue weighted by molar-refractivity contribution is 0.115. The van der Waals surface area contributed by atoms with E-state index in [4.69, 9.17) is 4.74 Å². The van der Waals surface area contributed by atoms with Crippen LogP contribution in [0.4, 0.5) is 0 Å². The second-order valence-corrected chi connectivity index (χ2v) is 3.52. The average molecular weight is 185 g/mol. The van der Waals surface area contributed by atoms with Crippen LogP contribution in [0.25, 0.3) is 0 Å². The van der Waals surface area contributed by atoms with Crippen LogP contribution in [0.3, 0.4) is 0 Å². The van der Waals surface area contributed by atoms with Gasteiger partial charge in [-0.1, -0.05) is 0 Å². The summed E-state index contributed by atoms with van der Waals surface area (Å²) < 4.78 is 5.18. The van der Waals surface area contributed by atoms with E-state index in [0.29, 0.717) is 0 Å². The van der Waals surface area contributed by atoms with Gasteiger partial charge in [0.2, 0.25) is 0 Å². The van der Waals surface area contributed by atoms with Crippen molar-refractivity contribution in [3.05, 3.63) is 21.0 Å². The van der Waals surface area contributed by atoms with E-state index in [9.17, 15) is 9.59 Å². The summed E-state index contributed by atoms with van der Waals surface area (Å²) in [7, 11) is 0. The molecule has 0 saturated carbocycles. The van der Waals surface area contributed by atoms with Crippen molar-refractivity contribution in [1.29, 1.82) is 0 Å². The van der Waals surface area contributed by atoms with E-state index < -0.39 is 17.0 Å². The second-order valence-electron chi connectivity index (χ2n) is 3.52. The maximum atomic E-state index is 10.8. The molecule has 1 rings (SSSR count). The molecule has 0 fully saturated rings. The van der Waals surface area contributed by atoms with Crippen molar-refractivity contribution in [1.82, 2.24) is 15.0 Å². The van der Waals surface area contributed by atoms with Gasteiger partial charge in [-0.15, -0.1) is 4.98 Å². The molecule has 0 saturated heterocycles. The molecule has 0 spiro atoms. The normalized spacial score (nSPS) is 11.3. The summed E-state index contributed by atoms with van der Waals surface area (Å²) in [4.78, 5) is 29.1. The van der Waals surface area contributed by atoms with Crippen molar-refractivity contribution in [3.63, 3.8) is 0 Å². The van der Waals surface area contributed by atoms with Gasteiger partial charge in [0.05, 0.1) is 0 Å². The summed E-state index contributed by atoms with van der Waals surface area (Å²) in [6, 6.07) is -0.0683.